The lowest BCUT2D eigenvalue weighted by Gasteiger charge is -2.09. The Morgan fingerprint density at radius 1 is 1.17 bits per heavy atom. The first-order valence-electron chi connectivity index (χ1n) is 7.00. The van der Waals surface area contributed by atoms with E-state index in [1.54, 1.807) is 32.0 Å². The molecular weight excluding hydrogens is 332 g/mol. The summed E-state index contributed by atoms with van der Waals surface area (Å²) in [7, 11) is 1.25. The van der Waals surface area contributed by atoms with Crippen LogP contribution < -0.4 is 5.32 Å². The van der Waals surface area contributed by atoms with E-state index in [-0.39, 0.29) is 11.3 Å². The molecule has 8 heteroatoms. The molecule has 0 aliphatic carbocycles. The number of methoxy groups -OCH3 is 1. The summed E-state index contributed by atoms with van der Waals surface area (Å²) in [6, 6.07) is 6.40. The first kappa shape index (κ1) is 17.6. The van der Waals surface area contributed by atoms with E-state index in [0.717, 1.165) is 5.01 Å². The van der Waals surface area contributed by atoms with Gasteiger partial charge in [-0.3, -0.25) is 4.79 Å². The highest BCUT2D eigenvalue weighted by Gasteiger charge is 2.18. The predicted molar refractivity (Wildman–Crippen MR) is 88.3 cm³/mol. The number of aryl methyl sites for hydroxylation is 2. The van der Waals surface area contributed by atoms with Crippen molar-refractivity contribution >= 4 is 34.9 Å². The van der Waals surface area contributed by atoms with Crippen LogP contribution >= 0.6 is 11.3 Å². The van der Waals surface area contributed by atoms with Crippen LogP contribution in [0.2, 0.25) is 0 Å². The maximum Gasteiger partial charge on any atom is 0.350 e. The van der Waals surface area contributed by atoms with Crippen LogP contribution in [0.1, 0.15) is 30.7 Å². The van der Waals surface area contributed by atoms with Gasteiger partial charge in [0.1, 0.15) is 4.88 Å². The molecule has 1 N–H and O–H groups in total. The summed E-state index contributed by atoms with van der Waals surface area (Å²) in [5.41, 5.74) is 1.07. The molecule has 1 aromatic heterocycles. The zero-order valence-electron chi connectivity index (χ0n) is 13.4. The van der Waals surface area contributed by atoms with E-state index < -0.39 is 24.5 Å². The van der Waals surface area contributed by atoms with Crippen LogP contribution in [0, 0.1) is 13.8 Å². The van der Waals surface area contributed by atoms with E-state index in [1.165, 1.54) is 24.5 Å². The molecule has 0 radical (unpaired) electrons. The Bertz CT molecular complexity index is 785. The Kier molecular flexibility index (Phi) is 5.64. The maximum absolute atomic E-state index is 12.0. The van der Waals surface area contributed by atoms with E-state index >= 15 is 0 Å². The maximum atomic E-state index is 12.0. The second-order valence-corrected chi connectivity index (χ2v) is 6.01. The second kappa shape index (κ2) is 7.69. The van der Waals surface area contributed by atoms with Gasteiger partial charge in [0.15, 0.2) is 6.61 Å². The van der Waals surface area contributed by atoms with Crippen molar-refractivity contribution in [2.45, 2.75) is 13.8 Å². The lowest BCUT2D eigenvalue weighted by molar-refractivity contribution is -0.119. The quantitative estimate of drug-likeness (QED) is 0.834. The molecular formula is C16H16N2O5S. The first-order chi connectivity index (χ1) is 11.4. The second-order valence-electron chi connectivity index (χ2n) is 4.81. The van der Waals surface area contributed by atoms with E-state index in [4.69, 9.17) is 4.74 Å². The van der Waals surface area contributed by atoms with Gasteiger partial charge in [-0.05, 0) is 26.0 Å². The number of carbonyl (C=O) groups is 3. The van der Waals surface area contributed by atoms with Crippen molar-refractivity contribution < 1.29 is 23.9 Å². The Balaban J connectivity index is 1.98. The topological polar surface area (TPSA) is 94.6 Å². The summed E-state index contributed by atoms with van der Waals surface area (Å²) >= 11 is 1.21. The SMILES string of the molecule is COC(=O)c1ccccc1NC(=O)COC(=O)c1sc(C)nc1C. The Hall–Kier alpha value is -2.74. The number of carbonyl (C=O) groups excluding carboxylic acids is 3. The van der Waals surface area contributed by atoms with Gasteiger partial charge in [0, 0.05) is 0 Å². The fourth-order valence-electron chi connectivity index (χ4n) is 1.98. The number of anilines is 1. The molecule has 0 atom stereocenters. The summed E-state index contributed by atoms with van der Waals surface area (Å²) in [5.74, 6) is -1.73. The van der Waals surface area contributed by atoms with Gasteiger partial charge in [0.05, 0.1) is 29.1 Å². The van der Waals surface area contributed by atoms with Gasteiger partial charge in [-0.2, -0.15) is 0 Å². The van der Waals surface area contributed by atoms with Crippen LogP contribution in [0.5, 0.6) is 0 Å². The van der Waals surface area contributed by atoms with Crippen molar-refractivity contribution in [1.29, 1.82) is 0 Å². The standard InChI is InChI=1S/C16H16N2O5S/c1-9-14(24-10(2)17-9)16(21)23-8-13(19)18-12-7-5-4-6-11(12)15(20)22-3/h4-7H,8H2,1-3H3,(H,18,19). The lowest BCUT2D eigenvalue weighted by atomic mass is 10.2. The molecule has 0 aliphatic rings. The summed E-state index contributed by atoms with van der Waals surface area (Å²) < 4.78 is 9.64. The predicted octanol–water partition coefficient (Wildman–Crippen LogP) is 2.34. The minimum Gasteiger partial charge on any atom is -0.465 e. The molecule has 1 aromatic carbocycles. The summed E-state index contributed by atoms with van der Waals surface area (Å²) in [6.45, 7) is 3.02. The smallest absolute Gasteiger partial charge is 0.350 e. The number of nitrogens with zero attached hydrogens (tertiary/aromatic N) is 1. The highest BCUT2D eigenvalue weighted by atomic mass is 32.1. The van der Waals surface area contributed by atoms with Crippen LogP contribution in [0.15, 0.2) is 24.3 Å². The minimum atomic E-state index is -0.602. The Labute approximate surface area is 142 Å². The molecule has 0 fully saturated rings. The molecule has 7 nitrogen and oxygen atoms in total. The van der Waals surface area contributed by atoms with Crippen molar-refractivity contribution in [3.8, 4) is 0 Å². The van der Waals surface area contributed by atoms with Gasteiger partial charge in [-0.15, -0.1) is 11.3 Å². The molecule has 24 heavy (non-hydrogen) atoms. The third-order valence-corrected chi connectivity index (χ3v) is 4.08. The third kappa shape index (κ3) is 4.17. The Morgan fingerprint density at radius 2 is 1.88 bits per heavy atom. The van der Waals surface area contributed by atoms with Crippen LogP contribution in [0.25, 0.3) is 0 Å². The number of ether oxygens (including phenoxy) is 2. The Morgan fingerprint density at radius 3 is 2.50 bits per heavy atom. The molecule has 126 valence electrons. The molecule has 0 bridgehead atoms. The number of benzene rings is 1. The number of thiazole rings is 1. The molecule has 0 aliphatic heterocycles. The van der Waals surface area contributed by atoms with Gasteiger partial charge < -0.3 is 14.8 Å². The van der Waals surface area contributed by atoms with E-state index in [1.807, 2.05) is 0 Å². The molecule has 0 saturated heterocycles. The zero-order chi connectivity index (χ0) is 17.7. The minimum absolute atomic E-state index is 0.216. The lowest BCUT2D eigenvalue weighted by Crippen LogP contribution is -2.22. The van der Waals surface area contributed by atoms with Crippen molar-refractivity contribution in [3.63, 3.8) is 0 Å². The van der Waals surface area contributed by atoms with Crippen molar-refractivity contribution in [2.24, 2.45) is 0 Å². The van der Waals surface area contributed by atoms with Gasteiger partial charge in [-0.25, -0.2) is 14.6 Å². The molecule has 0 unspecified atom stereocenters. The summed E-state index contributed by atoms with van der Waals surface area (Å²) in [5, 5.41) is 3.27. The first-order valence-corrected chi connectivity index (χ1v) is 7.82. The fourth-order valence-corrected chi connectivity index (χ4v) is 2.80. The zero-order valence-corrected chi connectivity index (χ0v) is 14.2. The number of para-hydroxylation sites is 1. The van der Waals surface area contributed by atoms with Crippen molar-refractivity contribution in [2.75, 3.05) is 19.0 Å². The number of nitrogens with one attached hydrogen (secondary N) is 1. The van der Waals surface area contributed by atoms with E-state index in [9.17, 15) is 14.4 Å². The van der Waals surface area contributed by atoms with Crippen LogP contribution in [-0.4, -0.2) is 36.5 Å². The van der Waals surface area contributed by atoms with Crippen molar-refractivity contribution in [3.05, 3.63) is 45.4 Å². The average molecular weight is 348 g/mol. The summed E-state index contributed by atoms with van der Waals surface area (Å²) in [4.78, 5) is 40.0. The number of aromatic nitrogens is 1. The van der Waals surface area contributed by atoms with E-state index in [0.29, 0.717) is 10.6 Å². The van der Waals surface area contributed by atoms with E-state index in [2.05, 4.69) is 15.0 Å². The van der Waals surface area contributed by atoms with Crippen LogP contribution in [0.4, 0.5) is 5.69 Å². The number of amides is 1. The monoisotopic (exact) mass is 348 g/mol. The highest BCUT2D eigenvalue weighted by molar-refractivity contribution is 7.13. The molecule has 0 saturated carbocycles. The highest BCUT2D eigenvalue weighted by Crippen LogP contribution is 2.18. The largest absolute Gasteiger partial charge is 0.465 e. The normalized spacial score (nSPS) is 10.1. The van der Waals surface area contributed by atoms with Gasteiger partial charge >= 0.3 is 11.9 Å². The molecule has 2 aromatic rings. The molecule has 2 rings (SSSR count). The van der Waals surface area contributed by atoms with Crippen LogP contribution in [0.3, 0.4) is 0 Å². The number of esters is 2. The number of hydrogen-bond acceptors (Lipinski definition) is 7. The van der Waals surface area contributed by atoms with Gasteiger partial charge in [0.25, 0.3) is 5.91 Å². The average Bonchev–Trinajstić information content (AvgIpc) is 2.91. The van der Waals surface area contributed by atoms with Crippen LogP contribution in [-0.2, 0) is 14.3 Å². The van der Waals surface area contributed by atoms with Crippen molar-refractivity contribution in [1.82, 2.24) is 4.98 Å². The molecule has 1 amide bonds. The molecule has 0 spiro atoms. The molecule has 1 heterocycles. The summed E-state index contributed by atoms with van der Waals surface area (Å²) in [6.07, 6.45) is 0. The number of hydrogen-bond donors (Lipinski definition) is 1. The van der Waals surface area contributed by atoms with Gasteiger partial charge in [0.2, 0.25) is 0 Å². The third-order valence-electron chi connectivity index (χ3n) is 3.03. The fraction of sp³-hybridized carbons (Fsp3) is 0.250. The number of rotatable bonds is 5. The van der Waals surface area contributed by atoms with Gasteiger partial charge in [-0.1, -0.05) is 12.1 Å².